The quantitative estimate of drug-likeness (QED) is 0.161. The monoisotopic (exact) mass is 486 g/mol. The Morgan fingerprint density at radius 2 is 1.06 bits per heavy atom. The zero-order chi connectivity index (χ0) is 24.2. The van der Waals surface area contributed by atoms with Gasteiger partial charge >= 0.3 is 0 Å². The van der Waals surface area contributed by atoms with Gasteiger partial charge < -0.3 is 20.1 Å². The number of anilines is 2. The summed E-state index contributed by atoms with van der Waals surface area (Å²) in [6.45, 7) is 9.82. The molecule has 0 saturated heterocycles. The van der Waals surface area contributed by atoms with Crippen LogP contribution >= 0.6 is 12.2 Å². The minimum Gasteiger partial charge on any atom is -0.494 e. The van der Waals surface area contributed by atoms with E-state index in [4.69, 9.17) is 21.7 Å². The largest absolute Gasteiger partial charge is 0.494 e. The van der Waals surface area contributed by atoms with Gasteiger partial charge in [-0.05, 0) is 74.6 Å². The zero-order valence-electron chi connectivity index (χ0n) is 21.1. The van der Waals surface area contributed by atoms with E-state index in [0.29, 0.717) is 33.5 Å². The van der Waals surface area contributed by atoms with Gasteiger partial charge in [-0.25, -0.2) is 0 Å². The molecule has 0 radical (unpaired) electrons. The van der Waals surface area contributed by atoms with Crippen molar-refractivity contribution in [2.45, 2.75) is 76.8 Å². The summed E-state index contributed by atoms with van der Waals surface area (Å²) in [5.74, 6) is 1.69. The van der Waals surface area contributed by atoms with Crippen LogP contribution in [0.5, 0.6) is 11.5 Å². The van der Waals surface area contributed by atoms with Gasteiger partial charge in [0.25, 0.3) is 0 Å². The van der Waals surface area contributed by atoms with E-state index >= 15 is 0 Å². The predicted octanol–water partition coefficient (Wildman–Crippen LogP) is 7.93. The summed E-state index contributed by atoms with van der Waals surface area (Å²) in [4.78, 5) is 0. The van der Waals surface area contributed by atoms with Crippen LogP contribution in [0.15, 0.2) is 48.5 Å². The number of hydrogen-bond acceptors (Lipinski definition) is 3. The molecule has 6 heteroatoms. The fourth-order valence-corrected chi connectivity index (χ4v) is 5.28. The van der Waals surface area contributed by atoms with Crippen molar-refractivity contribution < 1.29 is 9.47 Å². The highest BCUT2D eigenvalue weighted by atomic mass is 32.1. The van der Waals surface area contributed by atoms with Crippen molar-refractivity contribution in [1.29, 1.82) is 0 Å². The number of hydrogen-bond donors (Lipinski definition) is 2. The maximum Gasteiger partial charge on any atom is 0.236 e. The molecular weight excluding hydrogens is 443 g/mol. The minimum absolute atomic E-state index is 0.371. The van der Waals surface area contributed by atoms with Gasteiger partial charge in [-0.1, -0.05) is 62.9 Å². The van der Waals surface area contributed by atoms with Crippen molar-refractivity contribution in [3.63, 3.8) is 0 Å². The lowest BCUT2D eigenvalue weighted by atomic mass is 10.3. The average Bonchev–Trinajstić information content (AvgIpc) is 2.82. The van der Waals surface area contributed by atoms with Crippen LogP contribution in [0.2, 0.25) is 10.6 Å². The minimum atomic E-state index is 0.371. The highest BCUT2D eigenvalue weighted by molar-refractivity contribution is 7.80. The molecule has 0 spiro atoms. The Bertz CT molecular complexity index is 677. The van der Waals surface area contributed by atoms with Crippen molar-refractivity contribution in [1.82, 2.24) is 0 Å². The second kappa shape index (κ2) is 19.7. The SMILES string of the molecule is CCCC[CH2][AlH][CH2]CCCC.CCOc1ccc(NC(=S)Nc2ccc(OCC)cc2)cc1. The normalized spacial score (nSPS) is 9.94. The van der Waals surface area contributed by atoms with Crippen LogP contribution < -0.4 is 20.1 Å². The number of benzene rings is 2. The summed E-state index contributed by atoms with van der Waals surface area (Å²) in [5, 5.41) is 10.0. The fourth-order valence-electron chi connectivity index (χ4n) is 3.28. The topological polar surface area (TPSA) is 42.5 Å². The van der Waals surface area contributed by atoms with Crippen LogP contribution in [0.3, 0.4) is 0 Å². The van der Waals surface area contributed by atoms with Gasteiger partial charge in [-0.3, -0.25) is 0 Å². The average molecular weight is 487 g/mol. The predicted molar refractivity (Wildman–Crippen MR) is 151 cm³/mol. The summed E-state index contributed by atoms with van der Waals surface area (Å²) >= 11 is 5.67. The highest BCUT2D eigenvalue weighted by Crippen LogP contribution is 2.18. The molecule has 2 aromatic rings. The van der Waals surface area contributed by atoms with Gasteiger partial charge in [0.15, 0.2) is 5.11 Å². The molecule has 0 saturated carbocycles. The molecule has 0 aliphatic heterocycles. The van der Waals surface area contributed by atoms with Gasteiger partial charge in [0.05, 0.1) is 13.2 Å². The summed E-state index contributed by atoms with van der Waals surface area (Å²) in [7, 11) is 0. The highest BCUT2D eigenvalue weighted by Gasteiger charge is 2.00. The molecule has 0 aromatic heterocycles. The van der Waals surface area contributed by atoms with Gasteiger partial charge in [0.2, 0.25) is 15.2 Å². The lowest BCUT2D eigenvalue weighted by molar-refractivity contribution is 0.340. The Labute approximate surface area is 213 Å². The Hall–Kier alpha value is -1.74. The Morgan fingerprint density at radius 3 is 1.39 bits per heavy atom. The summed E-state index contributed by atoms with van der Waals surface area (Å²) in [6.07, 6.45) is 8.78. The molecular formula is C27H43AlN2O2S. The number of unbranched alkanes of at least 4 members (excludes halogenated alkanes) is 4. The molecule has 33 heavy (non-hydrogen) atoms. The molecule has 182 valence electrons. The number of rotatable bonds is 14. The Balaban J connectivity index is 0.000000420. The van der Waals surface area contributed by atoms with E-state index < -0.39 is 0 Å². The van der Waals surface area contributed by atoms with Gasteiger partial charge in [-0.2, -0.15) is 0 Å². The van der Waals surface area contributed by atoms with Gasteiger partial charge in [0, 0.05) is 11.4 Å². The number of thiocarbonyl (C=S) groups is 1. The molecule has 4 nitrogen and oxygen atoms in total. The third kappa shape index (κ3) is 14.9. The molecule has 0 fully saturated rings. The zero-order valence-corrected chi connectivity index (χ0v) is 23.4. The summed E-state index contributed by atoms with van der Waals surface area (Å²) < 4.78 is 10.8. The molecule has 2 N–H and O–H groups in total. The smallest absolute Gasteiger partial charge is 0.236 e. The van der Waals surface area contributed by atoms with Crippen molar-refractivity contribution in [2.24, 2.45) is 0 Å². The van der Waals surface area contributed by atoms with Crippen molar-refractivity contribution in [2.75, 3.05) is 23.8 Å². The molecule has 0 aliphatic rings. The first-order valence-electron chi connectivity index (χ1n) is 12.7. The van der Waals surface area contributed by atoms with Crippen LogP contribution in [0.1, 0.15) is 66.2 Å². The Morgan fingerprint density at radius 1 is 0.667 bits per heavy atom. The standard InChI is InChI=1S/C17H20N2O2S.2C5H11.Al.H/c1-3-20-15-9-5-13(6-10-15)18-17(22)19-14-7-11-16(12-8-14)21-4-2;2*1-3-5-4-2;;/h5-12H,3-4H2,1-2H3,(H2,18,19,22);2*1,3-5H2,2H3;;. The Kier molecular flexibility index (Phi) is 17.5. The maximum absolute atomic E-state index is 5.40. The third-order valence-electron chi connectivity index (χ3n) is 5.05. The first kappa shape index (κ1) is 29.3. The molecule has 0 unspecified atom stereocenters. The van der Waals surface area contributed by atoms with E-state index in [1.807, 2.05) is 62.4 Å². The van der Waals surface area contributed by atoms with E-state index in [2.05, 4.69) is 24.5 Å². The molecule has 0 amide bonds. The first-order valence-corrected chi connectivity index (χ1v) is 15.1. The summed E-state index contributed by atoms with van der Waals surface area (Å²) in [5.41, 5.74) is 1.82. The van der Waals surface area contributed by atoms with Crippen LogP contribution in [0, 0.1) is 0 Å². The molecule has 0 aliphatic carbocycles. The van der Waals surface area contributed by atoms with Crippen molar-refractivity contribution >= 4 is 43.9 Å². The van der Waals surface area contributed by atoms with Crippen molar-refractivity contribution in [3.05, 3.63) is 48.5 Å². The fraction of sp³-hybridized carbons (Fsp3) is 0.519. The van der Waals surface area contributed by atoms with E-state index in [1.54, 1.807) is 10.6 Å². The second-order valence-corrected chi connectivity index (χ2v) is 10.5. The van der Waals surface area contributed by atoms with Crippen LogP contribution in [0.25, 0.3) is 0 Å². The van der Waals surface area contributed by atoms with Crippen LogP contribution in [0.4, 0.5) is 11.4 Å². The molecule has 0 bridgehead atoms. The van der Waals surface area contributed by atoms with E-state index in [9.17, 15) is 0 Å². The first-order chi connectivity index (χ1) is 16.1. The van der Waals surface area contributed by atoms with E-state index in [-0.39, 0.29) is 0 Å². The molecule has 2 rings (SSSR count). The number of nitrogens with one attached hydrogen (secondary N) is 2. The van der Waals surface area contributed by atoms with Gasteiger partial charge in [-0.15, -0.1) is 0 Å². The van der Waals surface area contributed by atoms with Crippen molar-refractivity contribution in [3.8, 4) is 11.5 Å². The van der Waals surface area contributed by atoms with Gasteiger partial charge in [0.1, 0.15) is 11.5 Å². The van der Waals surface area contributed by atoms with Crippen LogP contribution in [-0.2, 0) is 0 Å². The lowest BCUT2D eigenvalue weighted by Crippen LogP contribution is -2.18. The van der Waals surface area contributed by atoms with E-state index in [0.717, 1.165) is 22.9 Å². The second-order valence-electron chi connectivity index (χ2n) is 7.97. The molecule has 0 heterocycles. The number of ether oxygens (including phenoxy) is 2. The summed E-state index contributed by atoms with van der Waals surface area (Å²) in [6, 6.07) is 15.3. The lowest BCUT2D eigenvalue weighted by Gasteiger charge is -2.12. The molecule has 0 atom stereocenters. The maximum atomic E-state index is 5.40. The van der Waals surface area contributed by atoms with Crippen LogP contribution in [-0.4, -0.2) is 33.5 Å². The third-order valence-corrected chi connectivity index (χ3v) is 7.26. The van der Waals surface area contributed by atoms with E-state index in [1.165, 1.54) is 38.5 Å². The molecule has 2 aromatic carbocycles.